The zero-order valence-electron chi connectivity index (χ0n) is 12.3. The molecule has 0 aliphatic heterocycles. The maximum atomic E-state index is 2.53. The predicted molar refractivity (Wildman–Crippen MR) is 115 cm³/mol. The van der Waals surface area contributed by atoms with Crippen LogP contribution in [0.2, 0.25) is 0 Å². The summed E-state index contributed by atoms with van der Waals surface area (Å²) in [6, 6.07) is 0. The second-order valence-electron chi connectivity index (χ2n) is 5.46. The first kappa shape index (κ1) is 21.2. The van der Waals surface area contributed by atoms with E-state index >= 15 is 0 Å². The molecule has 0 bridgehead atoms. The van der Waals surface area contributed by atoms with Crippen molar-refractivity contribution in [3.8, 4) is 0 Å². The van der Waals surface area contributed by atoms with Crippen LogP contribution in [0.25, 0.3) is 0 Å². The zero-order valence-corrected chi connectivity index (χ0v) is 18.8. The van der Waals surface area contributed by atoms with Crippen molar-refractivity contribution in [3.05, 3.63) is 0 Å². The van der Waals surface area contributed by atoms with Crippen molar-refractivity contribution in [1.29, 1.82) is 0 Å². The number of halogens is 3. The predicted octanol–water partition coefficient (Wildman–Crippen LogP) is 8.08. The third kappa shape index (κ3) is 20.2. The summed E-state index contributed by atoms with van der Waals surface area (Å²) in [7, 11) is 0. The molecule has 19 heavy (non-hydrogen) atoms. The van der Waals surface area contributed by atoms with Gasteiger partial charge in [0.1, 0.15) is 0 Å². The number of hydrogen-bond acceptors (Lipinski definition) is 0. The summed E-state index contributed by atoms with van der Waals surface area (Å²) in [6.45, 7) is 0. The van der Waals surface area contributed by atoms with Crippen LogP contribution in [0, 0.1) is 0 Å². The summed E-state index contributed by atoms with van der Waals surface area (Å²) in [5.74, 6) is 0. The molecule has 0 heterocycles. The van der Waals surface area contributed by atoms with Gasteiger partial charge in [-0.05, 0) is 17.3 Å². The zero-order chi connectivity index (χ0) is 14.2. The van der Waals surface area contributed by atoms with Crippen molar-refractivity contribution < 1.29 is 0 Å². The number of unbranched alkanes of at least 4 members (excludes halogenated alkanes) is 12. The Hall–Kier alpha value is 2.19. The molecular weight excluding hydrogens is 573 g/mol. The van der Waals surface area contributed by atoms with Crippen molar-refractivity contribution in [2.45, 2.75) is 91.8 Å². The Labute approximate surface area is 162 Å². The van der Waals surface area contributed by atoms with Crippen molar-refractivity contribution >= 4 is 67.8 Å². The summed E-state index contributed by atoms with van der Waals surface area (Å²) in [5, 5.41) is 0. The summed E-state index contributed by atoms with van der Waals surface area (Å²) >= 11 is 7.54. The maximum absolute atomic E-state index is 2.53. The second-order valence-corrected chi connectivity index (χ2v) is 11.9. The smallest absolute Gasteiger partial charge is 0.0626 e. The first-order valence-corrected chi connectivity index (χ1v) is 12.1. The van der Waals surface area contributed by atoms with E-state index in [2.05, 4.69) is 67.8 Å². The van der Waals surface area contributed by atoms with Crippen LogP contribution in [0.4, 0.5) is 0 Å². The molecule has 0 rings (SSSR count). The van der Waals surface area contributed by atoms with Gasteiger partial charge in [-0.15, -0.1) is 0 Å². The fourth-order valence-electron chi connectivity index (χ4n) is 2.34. The van der Waals surface area contributed by atoms with Gasteiger partial charge in [0.2, 0.25) is 0 Å². The Bertz CT molecular complexity index is 160. The van der Waals surface area contributed by atoms with Gasteiger partial charge in [-0.3, -0.25) is 0 Å². The molecule has 116 valence electrons. The lowest BCUT2D eigenvalue weighted by molar-refractivity contribution is 0.539. The minimum atomic E-state index is 0.840. The van der Waals surface area contributed by atoms with Gasteiger partial charge in [-0.2, -0.15) is 0 Å². The second kappa shape index (κ2) is 18.2. The van der Waals surface area contributed by atoms with E-state index < -0.39 is 0 Å². The summed E-state index contributed by atoms with van der Waals surface area (Å²) in [4.78, 5) is 0. The number of hydrogen-bond donors (Lipinski definition) is 0. The van der Waals surface area contributed by atoms with E-state index in [1.807, 2.05) is 0 Å². The monoisotopic (exact) mass is 604 g/mol. The average molecular weight is 604 g/mol. The van der Waals surface area contributed by atoms with E-state index in [0.29, 0.717) is 0 Å². The third-order valence-corrected chi connectivity index (χ3v) is 5.56. The molecule has 0 nitrogen and oxygen atoms in total. The highest BCUT2D eigenvalue weighted by atomic mass is 127. The molecular formula is C16H31I3. The van der Waals surface area contributed by atoms with Crippen LogP contribution in [0.3, 0.4) is 0 Å². The van der Waals surface area contributed by atoms with Crippen LogP contribution in [-0.2, 0) is 0 Å². The Kier molecular flexibility index (Phi) is 20.3. The van der Waals surface area contributed by atoms with Gasteiger partial charge in [0.15, 0.2) is 0 Å². The molecule has 0 N–H and O–H groups in total. The topological polar surface area (TPSA) is 0 Å². The molecule has 0 saturated heterocycles. The van der Waals surface area contributed by atoms with Crippen molar-refractivity contribution in [2.24, 2.45) is 0 Å². The van der Waals surface area contributed by atoms with E-state index in [1.165, 1.54) is 94.3 Å². The van der Waals surface area contributed by atoms with Gasteiger partial charge in [-0.1, -0.05) is 145 Å². The number of rotatable bonds is 15. The lowest BCUT2D eigenvalue weighted by Gasteiger charge is -2.03. The van der Waals surface area contributed by atoms with E-state index in [1.54, 1.807) is 0 Å². The molecule has 0 aromatic carbocycles. The minimum absolute atomic E-state index is 0.840. The highest BCUT2D eigenvalue weighted by Crippen LogP contribution is 2.19. The quantitative estimate of drug-likeness (QED) is 0.101. The molecule has 0 fully saturated rings. The normalized spacial score (nSPS) is 11.4. The van der Waals surface area contributed by atoms with Gasteiger partial charge >= 0.3 is 0 Å². The highest BCUT2D eigenvalue weighted by Gasteiger charge is 1.97. The summed E-state index contributed by atoms with van der Waals surface area (Å²) < 4.78 is 2.18. The molecule has 0 aliphatic carbocycles. The fourth-order valence-corrected chi connectivity index (χ4v) is 3.76. The van der Waals surface area contributed by atoms with Gasteiger partial charge in [-0.25, -0.2) is 0 Å². The Balaban J connectivity index is 2.91. The van der Waals surface area contributed by atoms with E-state index in [0.717, 1.165) is 1.93 Å². The molecule has 0 aromatic rings. The van der Waals surface area contributed by atoms with Crippen LogP contribution in [0.5, 0.6) is 0 Å². The Morgan fingerprint density at radius 3 is 1.11 bits per heavy atom. The number of alkyl halides is 3. The molecule has 0 radical (unpaired) electrons. The molecule has 0 atom stereocenters. The molecule has 0 saturated carbocycles. The largest absolute Gasteiger partial charge is 0.0864 e. The Morgan fingerprint density at radius 2 is 0.789 bits per heavy atom. The van der Waals surface area contributed by atoms with Crippen LogP contribution in [0.15, 0.2) is 0 Å². The van der Waals surface area contributed by atoms with Gasteiger partial charge < -0.3 is 0 Å². The first-order valence-electron chi connectivity index (χ1n) is 8.11. The lowest BCUT2D eigenvalue weighted by atomic mass is 10.0. The van der Waals surface area contributed by atoms with Crippen LogP contribution < -0.4 is 0 Å². The van der Waals surface area contributed by atoms with E-state index in [4.69, 9.17) is 0 Å². The Morgan fingerprint density at radius 1 is 0.474 bits per heavy atom. The maximum Gasteiger partial charge on any atom is 0.0626 e. The summed E-state index contributed by atoms with van der Waals surface area (Å²) in [6.07, 6.45) is 20.5. The molecule has 3 heteroatoms. The molecule has 0 unspecified atom stereocenters. The fraction of sp³-hybridized carbons (Fsp3) is 1.00. The summed E-state index contributed by atoms with van der Waals surface area (Å²) in [5.41, 5.74) is 0. The van der Waals surface area contributed by atoms with Crippen LogP contribution in [0.1, 0.15) is 89.9 Å². The molecule has 0 aliphatic rings. The van der Waals surface area contributed by atoms with Gasteiger partial charge in [0.25, 0.3) is 0 Å². The van der Waals surface area contributed by atoms with E-state index in [9.17, 15) is 0 Å². The first-order chi connectivity index (χ1) is 9.27. The standard InChI is InChI=1S/C16H31I3/c17-15-13-11-9-7-5-3-1-2-4-6-8-10-12-14-16(18)19/h16H,1-15H2. The van der Waals surface area contributed by atoms with Crippen molar-refractivity contribution in [3.63, 3.8) is 0 Å². The molecule has 0 aromatic heterocycles. The SMILES string of the molecule is ICCCCCCCCCCCCCCCC(I)I. The van der Waals surface area contributed by atoms with Gasteiger partial charge in [0.05, 0.1) is 1.93 Å². The van der Waals surface area contributed by atoms with E-state index in [-0.39, 0.29) is 0 Å². The van der Waals surface area contributed by atoms with Crippen molar-refractivity contribution in [2.75, 3.05) is 4.43 Å². The highest BCUT2D eigenvalue weighted by molar-refractivity contribution is 14.2. The third-order valence-electron chi connectivity index (χ3n) is 3.56. The minimum Gasteiger partial charge on any atom is -0.0864 e. The van der Waals surface area contributed by atoms with Crippen LogP contribution in [-0.4, -0.2) is 6.36 Å². The molecule has 0 amide bonds. The molecule has 0 spiro atoms. The average Bonchev–Trinajstić information content (AvgIpc) is 2.39. The van der Waals surface area contributed by atoms with Crippen LogP contribution >= 0.6 is 67.8 Å². The van der Waals surface area contributed by atoms with Crippen molar-refractivity contribution in [1.82, 2.24) is 0 Å². The lowest BCUT2D eigenvalue weighted by Crippen LogP contribution is -1.86. The van der Waals surface area contributed by atoms with Gasteiger partial charge in [0, 0.05) is 0 Å².